The van der Waals surface area contributed by atoms with Crippen molar-refractivity contribution in [2.24, 2.45) is 0 Å². The Labute approximate surface area is 180 Å². The number of carbonyl (C=O) groups excluding carboxylic acids is 1. The average molecular weight is 423 g/mol. The molecule has 0 saturated carbocycles. The zero-order valence-electron chi connectivity index (χ0n) is 16.8. The van der Waals surface area contributed by atoms with Gasteiger partial charge < -0.3 is 4.90 Å². The lowest BCUT2D eigenvalue weighted by Crippen LogP contribution is -2.49. The molecule has 4 rings (SSSR count). The Balaban J connectivity index is 1.51. The van der Waals surface area contributed by atoms with Crippen LogP contribution in [0, 0.1) is 6.92 Å². The third-order valence-corrected chi connectivity index (χ3v) is 5.62. The quantitative estimate of drug-likeness (QED) is 0.648. The van der Waals surface area contributed by atoms with E-state index in [9.17, 15) is 9.59 Å². The maximum atomic E-state index is 13.1. The van der Waals surface area contributed by atoms with Crippen molar-refractivity contribution in [1.82, 2.24) is 19.6 Å². The Morgan fingerprint density at radius 2 is 1.67 bits per heavy atom. The van der Waals surface area contributed by atoms with Crippen molar-refractivity contribution in [3.05, 3.63) is 92.9 Å². The first-order valence-corrected chi connectivity index (χ1v) is 10.3. The SMILES string of the molecule is Cc1cc(=O)c(C(=O)N2CCN(Cc3ccccc3)CC2)nn1-c1ccccc1Cl. The third kappa shape index (κ3) is 4.30. The molecule has 0 unspecified atom stereocenters. The summed E-state index contributed by atoms with van der Waals surface area (Å²) in [5.74, 6) is -0.333. The predicted molar refractivity (Wildman–Crippen MR) is 117 cm³/mol. The van der Waals surface area contributed by atoms with Crippen LogP contribution in [0.3, 0.4) is 0 Å². The largest absolute Gasteiger partial charge is 0.335 e. The van der Waals surface area contributed by atoms with Crippen molar-refractivity contribution in [3.63, 3.8) is 0 Å². The number of benzene rings is 2. The van der Waals surface area contributed by atoms with E-state index in [2.05, 4.69) is 22.1 Å². The molecule has 30 heavy (non-hydrogen) atoms. The maximum absolute atomic E-state index is 13.1. The summed E-state index contributed by atoms with van der Waals surface area (Å²) in [6, 6.07) is 18.9. The topological polar surface area (TPSA) is 58.4 Å². The Morgan fingerprint density at radius 1 is 1.00 bits per heavy atom. The van der Waals surface area contributed by atoms with Gasteiger partial charge in [-0.15, -0.1) is 0 Å². The van der Waals surface area contributed by atoms with Gasteiger partial charge in [0.2, 0.25) is 5.43 Å². The van der Waals surface area contributed by atoms with Crippen molar-refractivity contribution >= 4 is 17.5 Å². The molecular weight excluding hydrogens is 400 g/mol. The lowest BCUT2D eigenvalue weighted by atomic mass is 10.2. The summed E-state index contributed by atoms with van der Waals surface area (Å²) in [5, 5.41) is 4.88. The van der Waals surface area contributed by atoms with Crippen LogP contribution in [0.4, 0.5) is 0 Å². The van der Waals surface area contributed by atoms with Gasteiger partial charge in [-0.1, -0.05) is 54.1 Å². The number of hydrogen-bond acceptors (Lipinski definition) is 4. The van der Waals surface area contributed by atoms with Crippen LogP contribution < -0.4 is 5.43 Å². The van der Waals surface area contributed by atoms with Gasteiger partial charge in [-0.05, 0) is 24.6 Å². The Hall–Kier alpha value is -2.96. The van der Waals surface area contributed by atoms with E-state index < -0.39 is 0 Å². The fraction of sp³-hybridized carbons (Fsp3) is 0.261. The van der Waals surface area contributed by atoms with E-state index in [1.165, 1.54) is 11.6 Å². The fourth-order valence-corrected chi connectivity index (χ4v) is 3.88. The van der Waals surface area contributed by atoms with Crippen LogP contribution in [0.15, 0.2) is 65.5 Å². The molecule has 2 aromatic carbocycles. The number of aromatic nitrogens is 2. The van der Waals surface area contributed by atoms with Crippen molar-refractivity contribution in [3.8, 4) is 5.69 Å². The maximum Gasteiger partial charge on any atom is 0.278 e. The number of amides is 1. The van der Waals surface area contributed by atoms with E-state index in [1.54, 1.807) is 22.6 Å². The van der Waals surface area contributed by atoms with E-state index in [1.807, 2.05) is 36.4 Å². The molecule has 1 aromatic heterocycles. The summed E-state index contributed by atoms with van der Waals surface area (Å²) in [7, 11) is 0. The van der Waals surface area contributed by atoms with E-state index in [0.717, 1.165) is 19.6 Å². The lowest BCUT2D eigenvalue weighted by molar-refractivity contribution is 0.0619. The van der Waals surface area contributed by atoms with Crippen molar-refractivity contribution in [1.29, 1.82) is 0 Å². The Kier molecular flexibility index (Phi) is 5.97. The molecule has 0 bridgehead atoms. The standard InChI is InChI=1S/C23H23ClN4O2/c1-17-15-21(29)22(25-28(17)20-10-6-5-9-19(20)24)23(30)27-13-11-26(12-14-27)16-18-7-3-2-4-8-18/h2-10,15H,11-14,16H2,1H3. The van der Waals surface area contributed by atoms with Crippen LogP contribution in [0.2, 0.25) is 5.02 Å². The third-order valence-electron chi connectivity index (χ3n) is 5.30. The molecule has 1 fully saturated rings. The molecule has 1 saturated heterocycles. The van der Waals surface area contributed by atoms with Gasteiger partial charge in [0.15, 0.2) is 5.69 Å². The highest BCUT2D eigenvalue weighted by Crippen LogP contribution is 2.20. The molecule has 3 aromatic rings. The second-order valence-electron chi connectivity index (χ2n) is 7.42. The summed E-state index contributed by atoms with van der Waals surface area (Å²) >= 11 is 6.29. The smallest absolute Gasteiger partial charge is 0.278 e. The molecular formula is C23H23ClN4O2. The van der Waals surface area contributed by atoms with Crippen LogP contribution in [0.25, 0.3) is 5.69 Å². The Bertz CT molecular complexity index is 1110. The van der Waals surface area contributed by atoms with E-state index in [-0.39, 0.29) is 17.0 Å². The van der Waals surface area contributed by atoms with Crippen molar-refractivity contribution in [2.75, 3.05) is 26.2 Å². The minimum absolute atomic E-state index is 0.0722. The zero-order chi connectivity index (χ0) is 21.1. The Morgan fingerprint density at radius 3 is 2.37 bits per heavy atom. The molecule has 1 amide bonds. The summed E-state index contributed by atoms with van der Waals surface area (Å²) < 4.78 is 1.56. The minimum Gasteiger partial charge on any atom is -0.335 e. The van der Waals surface area contributed by atoms with E-state index >= 15 is 0 Å². The van der Waals surface area contributed by atoms with Gasteiger partial charge in [-0.2, -0.15) is 5.10 Å². The van der Waals surface area contributed by atoms with Gasteiger partial charge in [0, 0.05) is 44.5 Å². The predicted octanol–water partition coefficient (Wildman–Crippen LogP) is 3.15. The molecule has 0 spiro atoms. The molecule has 6 nitrogen and oxygen atoms in total. The van der Waals surface area contributed by atoms with Gasteiger partial charge in [0.1, 0.15) is 0 Å². The van der Waals surface area contributed by atoms with Gasteiger partial charge in [0.25, 0.3) is 5.91 Å². The van der Waals surface area contributed by atoms with Crippen LogP contribution in [-0.2, 0) is 6.54 Å². The molecule has 2 heterocycles. The number of nitrogens with zero attached hydrogens (tertiary/aromatic N) is 4. The summed E-state index contributed by atoms with van der Waals surface area (Å²) in [6.45, 7) is 5.26. The van der Waals surface area contributed by atoms with Gasteiger partial charge >= 0.3 is 0 Å². The molecule has 0 radical (unpaired) electrons. The highest BCUT2D eigenvalue weighted by atomic mass is 35.5. The van der Waals surface area contributed by atoms with Crippen LogP contribution in [0.5, 0.6) is 0 Å². The van der Waals surface area contributed by atoms with E-state index in [4.69, 9.17) is 11.6 Å². The molecule has 154 valence electrons. The lowest BCUT2D eigenvalue weighted by Gasteiger charge is -2.34. The van der Waals surface area contributed by atoms with Crippen LogP contribution >= 0.6 is 11.6 Å². The van der Waals surface area contributed by atoms with Gasteiger partial charge in [0.05, 0.1) is 10.7 Å². The highest BCUT2D eigenvalue weighted by molar-refractivity contribution is 6.32. The monoisotopic (exact) mass is 422 g/mol. The first-order chi connectivity index (χ1) is 14.5. The van der Waals surface area contributed by atoms with Crippen molar-refractivity contribution < 1.29 is 4.79 Å². The molecule has 0 aliphatic carbocycles. The van der Waals surface area contributed by atoms with E-state index in [0.29, 0.717) is 29.5 Å². The number of piperazine rings is 1. The summed E-state index contributed by atoms with van der Waals surface area (Å²) in [4.78, 5) is 29.6. The van der Waals surface area contributed by atoms with Crippen LogP contribution in [-0.4, -0.2) is 51.7 Å². The zero-order valence-corrected chi connectivity index (χ0v) is 17.5. The molecule has 1 aliphatic rings. The number of rotatable bonds is 4. The summed E-state index contributed by atoms with van der Waals surface area (Å²) in [6.07, 6.45) is 0. The average Bonchev–Trinajstić information content (AvgIpc) is 2.75. The number of para-hydroxylation sites is 1. The highest BCUT2D eigenvalue weighted by Gasteiger charge is 2.26. The first kappa shape index (κ1) is 20.3. The number of carbonyl (C=O) groups is 1. The molecule has 0 N–H and O–H groups in total. The molecule has 7 heteroatoms. The second kappa shape index (κ2) is 8.81. The van der Waals surface area contributed by atoms with Gasteiger partial charge in [-0.25, -0.2) is 4.68 Å². The molecule has 0 atom stereocenters. The summed E-state index contributed by atoms with van der Waals surface area (Å²) in [5.41, 5.74) is 2.07. The minimum atomic E-state index is -0.368. The normalized spacial score (nSPS) is 14.7. The number of hydrogen-bond donors (Lipinski definition) is 0. The number of aryl methyl sites for hydroxylation is 1. The second-order valence-corrected chi connectivity index (χ2v) is 7.82. The first-order valence-electron chi connectivity index (χ1n) is 9.94. The van der Waals surface area contributed by atoms with Crippen LogP contribution in [0.1, 0.15) is 21.7 Å². The number of halogens is 1. The van der Waals surface area contributed by atoms with Gasteiger partial charge in [-0.3, -0.25) is 14.5 Å². The fourth-order valence-electron chi connectivity index (χ4n) is 3.66. The van der Waals surface area contributed by atoms with Crippen molar-refractivity contribution in [2.45, 2.75) is 13.5 Å². The molecule has 1 aliphatic heterocycles.